The zero-order valence-electron chi connectivity index (χ0n) is 14.2. The molecule has 2 atom stereocenters. The monoisotopic (exact) mass is 296 g/mol. The predicted octanol–water partition coefficient (Wildman–Crippen LogP) is 3.41. The molecule has 4 heteroatoms. The van der Waals surface area contributed by atoms with E-state index in [4.69, 9.17) is 4.74 Å². The molecule has 0 radical (unpaired) electrons. The fourth-order valence-corrected chi connectivity index (χ4v) is 3.75. The summed E-state index contributed by atoms with van der Waals surface area (Å²) in [4.78, 5) is 14.5. The molecular weight excluding hydrogens is 264 g/mol. The Morgan fingerprint density at radius 3 is 2.52 bits per heavy atom. The number of hydrogen-bond donors (Lipinski definition) is 1. The number of likely N-dealkylation sites (tertiary alicyclic amines) is 1. The Bertz CT molecular complexity index is 345. The number of hydrogen-bond acceptors (Lipinski definition) is 3. The minimum Gasteiger partial charge on any atom is -0.444 e. The number of nitrogens with one attached hydrogen (secondary N) is 1. The number of nitrogens with zero attached hydrogens (tertiary/aromatic N) is 1. The van der Waals surface area contributed by atoms with Crippen LogP contribution >= 0.6 is 0 Å². The molecule has 1 aliphatic carbocycles. The highest BCUT2D eigenvalue weighted by Gasteiger charge is 2.29. The molecule has 1 aliphatic heterocycles. The molecule has 2 rings (SSSR count). The first-order chi connectivity index (χ1) is 9.82. The van der Waals surface area contributed by atoms with Gasteiger partial charge in [-0.05, 0) is 51.9 Å². The van der Waals surface area contributed by atoms with Crippen LogP contribution in [0.4, 0.5) is 4.79 Å². The minimum atomic E-state index is -0.423. The fraction of sp³-hybridized carbons (Fsp3) is 0.941. The number of rotatable bonds is 3. The second kappa shape index (κ2) is 6.99. The number of carbonyl (C=O) groups is 1. The highest BCUT2D eigenvalue weighted by Crippen LogP contribution is 2.27. The van der Waals surface area contributed by atoms with Crippen LogP contribution in [0.25, 0.3) is 0 Å². The van der Waals surface area contributed by atoms with Gasteiger partial charge in [-0.3, -0.25) is 0 Å². The van der Waals surface area contributed by atoms with Crippen LogP contribution < -0.4 is 5.32 Å². The Hall–Kier alpha value is -0.770. The number of piperidine rings is 1. The first-order valence-electron chi connectivity index (χ1n) is 8.53. The smallest absolute Gasteiger partial charge is 0.407 e. The maximum absolute atomic E-state index is 11.9. The van der Waals surface area contributed by atoms with Gasteiger partial charge in [0.25, 0.3) is 0 Å². The molecule has 2 unspecified atom stereocenters. The summed E-state index contributed by atoms with van der Waals surface area (Å²) in [6.45, 7) is 11.3. The average Bonchev–Trinajstić information content (AvgIpc) is 2.77. The molecule has 0 spiro atoms. The molecule has 1 N–H and O–H groups in total. The highest BCUT2D eigenvalue weighted by molar-refractivity contribution is 5.68. The lowest BCUT2D eigenvalue weighted by Crippen LogP contribution is -2.52. The van der Waals surface area contributed by atoms with Gasteiger partial charge in [-0.2, -0.15) is 0 Å². The molecule has 0 aromatic carbocycles. The first-order valence-corrected chi connectivity index (χ1v) is 8.53. The summed E-state index contributed by atoms with van der Waals surface area (Å²) in [5.41, 5.74) is -0.423. The number of amides is 1. The van der Waals surface area contributed by atoms with Crippen molar-refractivity contribution >= 4 is 6.09 Å². The van der Waals surface area contributed by atoms with Crippen LogP contribution in [0, 0.1) is 11.8 Å². The highest BCUT2D eigenvalue weighted by atomic mass is 16.6. The third-order valence-corrected chi connectivity index (χ3v) is 4.45. The minimum absolute atomic E-state index is 0.227. The maximum Gasteiger partial charge on any atom is 0.407 e. The lowest BCUT2D eigenvalue weighted by atomic mass is 9.94. The SMILES string of the molecule is CC1CC(NC(=O)OC(C)(C)C)CN(CC2CCCC2)C1. The lowest BCUT2D eigenvalue weighted by Gasteiger charge is -2.38. The van der Waals surface area contributed by atoms with Crippen molar-refractivity contribution in [2.45, 2.75) is 71.4 Å². The van der Waals surface area contributed by atoms with E-state index in [9.17, 15) is 4.79 Å². The fourth-order valence-electron chi connectivity index (χ4n) is 3.75. The molecule has 2 fully saturated rings. The molecular formula is C17H32N2O2. The molecule has 0 bridgehead atoms. The molecule has 0 aromatic heterocycles. The van der Waals surface area contributed by atoms with E-state index in [0.717, 1.165) is 18.9 Å². The van der Waals surface area contributed by atoms with Gasteiger partial charge in [-0.1, -0.05) is 19.8 Å². The summed E-state index contributed by atoms with van der Waals surface area (Å²) in [6.07, 6.45) is 6.34. The van der Waals surface area contributed by atoms with Crippen molar-refractivity contribution in [3.05, 3.63) is 0 Å². The zero-order chi connectivity index (χ0) is 15.5. The van der Waals surface area contributed by atoms with E-state index in [2.05, 4.69) is 17.1 Å². The Kier molecular flexibility index (Phi) is 5.53. The summed E-state index contributed by atoms with van der Waals surface area (Å²) >= 11 is 0. The zero-order valence-corrected chi connectivity index (χ0v) is 14.2. The standard InChI is InChI=1S/C17H32N2O2/c1-13-9-15(18-16(20)21-17(2,3)4)12-19(10-13)11-14-7-5-6-8-14/h13-15H,5-12H2,1-4H3,(H,18,20). The normalized spacial score (nSPS) is 28.6. The number of ether oxygens (including phenoxy) is 1. The topological polar surface area (TPSA) is 41.6 Å². The molecule has 4 nitrogen and oxygen atoms in total. The van der Waals surface area contributed by atoms with Crippen LogP contribution in [-0.2, 0) is 4.74 Å². The summed E-state index contributed by atoms with van der Waals surface area (Å²) < 4.78 is 5.38. The van der Waals surface area contributed by atoms with Crippen molar-refractivity contribution in [2.24, 2.45) is 11.8 Å². The van der Waals surface area contributed by atoms with Crippen molar-refractivity contribution in [3.63, 3.8) is 0 Å². The molecule has 1 saturated carbocycles. The van der Waals surface area contributed by atoms with E-state index in [1.165, 1.54) is 38.8 Å². The third kappa shape index (κ3) is 5.85. The molecule has 1 amide bonds. The van der Waals surface area contributed by atoms with Crippen molar-refractivity contribution in [1.29, 1.82) is 0 Å². The van der Waals surface area contributed by atoms with E-state index < -0.39 is 5.60 Å². The molecule has 21 heavy (non-hydrogen) atoms. The Morgan fingerprint density at radius 1 is 1.24 bits per heavy atom. The van der Waals surface area contributed by atoms with E-state index in [0.29, 0.717) is 5.92 Å². The van der Waals surface area contributed by atoms with Crippen molar-refractivity contribution in [3.8, 4) is 0 Å². The van der Waals surface area contributed by atoms with Gasteiger partial charge in [0.2, 0.25) is 0 Å². The molecule has 1 heterocycles. The van der Waals surface area contributed by atoms with Crippen molar-refractivity contribution < 1.29 is 9.53 Å². The van der Waals surface area contributed by atoms with Crippen molar-refractivity contribution in [1.82, 2.24) is 10.2 Å². The Morgan fingerprint density at radius 2 is 1.90 bits per heavy atom. The average molecular weight is 296 g/mol. The maximum atomic E-state index is 11.9. The number of carbonyl (C=O) groups excluding carboxylic acids is 1. The molecule has 122 valence electrons. The summed E-state index contributed by atoms with van der Waals surface area (Å²) in [7, 11) is 0. The quantitative estimate of drug-likeness (QED) is 0.867. The molecule has 1 saturated heterocycles. The summed E-state index contributed by atoms with van der Waals surface area (Å²) in [5, 5.41) is 3.06. The van der Waals surface area contributed by atoms with Gasteiger partial charge in [-0.15, -0.1) is 0 Å². The van der Waals surface area contributed by atoms with E-state index >= 15 is 0 Å². The van der Waals surface area contributed by atoms with Crippen molar-refractivity contribution in [2.75, 3.05) is 19.6 Å². The van der Waals surface area contributed by atoms with Crippen LogP contribution in [0.2, 0.25) is 0 Å². The first kappa shape index (κ1) is 16.6. The Labute approximate surface area is 129 Å². The summed E-state index contributed by atoms with van der Waals surface area (Å²) in [5.74, 6) is 1.51. The predicted molar refractivity (Wildman–Crippen MR) is 85.3 cm³/mol. The lowest BCUT2D eigenvalue weighted by molar-refractivity contribution is 0.0446. The van der Waals surface area contributed by atoms with Gasteiger partial charge in [0.1, 0.15) is 5.60 Å². The second-order valence-corrected chi connectivity index (χ2v) is 8.05. The second-order valence-electron chi connectivity index (χ2n) is 8.05. The van der Waals surface area contributed by atoms with Crippen LogP contribution in [0.3, 0.4) is 0 Å². The van der Waals surface area contributed by atoms with Crippen LogP contribution in [0.5, 0.6) is 0 Å². The number of alkyl carbamates (subject to hydrolysis) is 1. The van der Waals surface area contributed by atoms with Crippen LogP contribution in [0.1, 0.15) is 59.8 Å². The largest absolute Gasteiger partial charge is 0.444 e. The van der Waals surface area contributed by atoms with Gasteiger partial charge in [0.05, 0.1) is 0 Å². The van der Waals surface area contributed by atoms with Crippen LogP contribution in [-0.4, -0.2) is 42.3 Å². The third-order valence-electron chi connectivity index (χ3n) is 4.45. The van der Waals surface area contributed by atoms with Gasteiger partial charge < -0.3 is 15.0 Å². The molecule has 2 aliphatic rings. The van der Waals surface area contributed by atoms with E-state index in [1.54, 1.807) is 0 Å². The van der Waals surface area contributed by atoms with Gasteiger partial charge in [0.15, 0.2) is 0 Å². The summed E-state index contributed by atoms with van der Waals surface area (Å²) in [6, 6.07) is 0.227. The van der Waals surface area contributed by atoms with Crippen LogP contribution in [0.15, 0.2) is 0 Å². The van der Waals surface area contributed by atoms with E-state index in [1.807, 2.05) is 20.8 Å². The van der Waals surface area contributed by atoms with E-state index in [-0.39, 0.29) is 12.1 Å². The van der Waals surface area contributed by atoms with Gasteiger partial charge in [0, 0.05) is 25.7 Å². The van der Waals surface area contributed by atoms with Gasteiger partial charge >= 0.3 is 6.09 Å². The molecule has 0 aromatic rings. The van der Waals surface area contributed by atoms with Gasteiger partial charge in [-0.25, -0.2) is 4.79 Å². The Balaban J connectivity index is 1.81.